The van der Waals surface area contributed by atoms with Crippen LogP contribution in [-0.4, -0.2) is 12.3 Å². The number of benzene rings is 1. The summed E-state index contributed by atoms with van der Waals surface area (Å²) in [6, 6.07) is 9.72. The molecule has 1 saturated heterocycles. The molecule has 0 aromatic heterocycles. The number of carbonyl (C=O) groups is 1. The van der Waals surface area contributed by atoms with Crippen LogP contribution < -0.4 is 0 Å². The highest BCUT2D eigenvalue weighted by molar-refractivity contribution is 5.87. The first-order chi connectivity index (χ1) is 9.94. The van der Waals surface area contributed by atoms with E-state index >= 15 is 0 Å². The lowest BCUT2D eigenvalue weighted by Crippen LogP contribution is -2.36. The predicted molar refractivity (Wildman–Crippen MR) is 80.5 cm³/mol. The Morgan fingerprint density at radius 2 is 1.90 bits per heavy atom. The number of ether oxygens (including phenoxy) is 2. The van der Waals surface area contributed by atoms with Crippen molar-refractivity contribution in [3.63, 3.8) is 0 Å². The summed E-state index contributed by atoms with van der Waals surface area (Å²) < 4.78 is 11.9. The van der Waals surface area contributed by atoms with E-state index in [0.29, 0.717) is 0 Å². The van der Waals surface area contributed by atoms with E-state index in [1.165, 1.54) is 0 Å². The monoisotopic (exact) mass is 286 g/mol. The molecular formula is C18H22O3. The lowest BCUT2D eigenvalue weighted by Gasteiger charge is -2.29. The zero-order chi connectivity index (χ0) is 15.1. The second-order valence-electron chi connectivity index (χ2n) is 6.89. The molecule has 1 aromatic carbocycles. The second-order valence-corrected chi connectivity index (χ2v) is 6.89. The minimum atomic E-state index is -1.05. The van der Waals surface area contributed by atoms with E-state index in [1.54, 1.807) is 0 Å². The third-order valence-electron chi connectivity index (χ3n) is 4.17. The van der Waals surface area contributed by atoms with Gasteiger partial charge in [0.05, 0.1) is 0 Å². The van der Waals surface area contributed by atoms with Crippen LogP contribution in [0.15, 0.2) is 42.0 Å². The third-order valence-corrected chi connectivity index (χ3v) is 4.17. The van der Waals surface area contributed by atoms with Crippen LogP contribution in [-0.2, 0) is 19.9 Å². The van der Waals surface area contributed by atoms with E-state index in [2.05, 4.69) is 6.08 Å². The Hall–Kier alpha value is -1.61. The van der Waals surface area contributed by atoms with Crippen molar-refractivity contribution in [3.05, 3.63) is 47.5 Å². The quantitative estimate of drug-likeness (QED) is 0.610. The van der Waals surface area contributed by atoms with Crippen LogP contribution in [0, 0.1) is 5.41 Å². The lowest BCUT2D eigenvalue weighted by molar-refractivity contribution is -0.155. The van der Waals surface area contributed by atoms with E-state index in [9.17, 15) is 4.79 Å². The maximum Gasteiger partial charge on any atom is 0.350 e. The first-order valence-corrected chi connectivity index (χ1v) is 7.58. The van der Waals surface area contributed by atoms with Gasteiger partial charge in [0.2, 0.25) is 11.9 Å². The normalized spacial score (nSPS) is 29.4. The first kappa shape index (κ1) is 14.3. The summed E-state index contributed by atoms with van der Waals surface area (Å²) in [5.41, 5.74) is 0.626. The van der Waals surface area contributed by atoms with Crippen LogP contribution in [0.25, 0.3) is 0 Å². The number of rotatable bonds is 2. The van der Waals surface area contributed by atoms with Crippen molar-refractivity contribution in [2.45, 2.75) is 51.9 Å². The minimum absolute atomic E-state index is 0.245. The topological polar surface area (TPSA) is 35.5 Å². The number of hydrogen-bond donors (Lipinski definition) is 0. The van der Waals surface area contributed by atoms with Gasteiger partial charge in [0.15, 0.2) is 0 Å². The molecule has 0 spiro atoms. The van der Waals surface area contributed by atoms with E-state index in [-0.39, 0.29) is 11.4 Å². The molecular weight excluding hydrogens is 264 g/mol. The van der Waals surface area contributed by atoms with Crippen molar-refractivity contribution < 1.29 is 14.3 Å². The summed E-state index contributed by atoms with van der Waals surface area (Å²) in [6.07, 6.45) is 4.58. The largest absolute Gasteiger partial charge is 0.432 e. The molecule has 112 valence electrons. The third kappa shape index (κ3) is 2.30. The fourth-order valence-electron chi connectivity index (χ4n) is 3.01. The molecule has 3 nitrogen and oxygen atoms in total. The Kier molecular flexibility index (Phi) is 3.40. The number of esters is 1. The molecule has 1 aromatic rings. The van der Waals surface area contributed by atoms with Gasteiger partial charge in [-0.3, -0.25) is 0 Å². The van der Waals surface area contributed by atoms with Crippen LogP contribution in [0.2, 0.25) is 0 Å². The van der Waals surface area contributed by atoms with E-state index in [1.807, 2.05) is 51.1 Å². The summed E-state index contributed by atoms with van der Waals surface area (Å²) in [5.74, 6) is -0.276. The summed E-state index contributed by atoms with van der Waals surface area (Å²) in [4.78, 5) is 12.8. The highest BCUT2D eigenvalue weighted by Gasteiger charge is 2.56. The van der Waals surface area contributed by atoms with Crippen molar-refractivity contribution in [3.8, 4) is 0 Å². The van der Waals surface area contributed by atoms with Crippen LogP contribution >= 0.6 is 0 Å². The molecule has 0 bridgehead atoms. The van der Waals surface area contributed by atoms with Gasteiger partial charge in [-0.2, -0.15) is 0 Å². The summed E-state index contributed by atoms with van der Waals surface area (Å²) in [5, 5.41) is 0. The van der Waals surface area contributed by atoms with Gasteiger partial charge >= 0.3 is 5.97 Å². The van der Waals surface area contributed by atoms with Gasteiger partial charge in [0, 0.05) is 5.41 Å². The van der Waals surface area contributed by atoms with Crippen LogP contribution in [0.4, 0.5) is 0 Å². The number of cyclic esters (lactones) is 1. The molecule has 1 aliphatic carbocycles. The van der Waals surface area contributed by atoms with E-state index < -0.39 is 11.9 Å². The summed E-state index contributed by atoms with van der Waals surface area (Å²) >= 11 is 0. The second kappa shape index (κ2) is 4.99. The molecule has 0 saturated carbocycles. The van der Waals surface area contributed by atoms with Gasteiger partial charge in [-0.1, -0.05) is 57.2 Å². The van der Waals surface area contributed by atoms with Gasteiger partial charge in [-0.05, 0) is 30.4 Å². The van der Waals surface area contributed by atoms with Gasteiger partial charge < -0.3 is 9.47 Å². The average Bonchev–Trinajstić information content (AvgIpc) is 3.07. The zero-order valence-corrected chi connectivity index (χ0v) is 12.9. The first-order valence-electron chi connectivity index (χ1n) is 7.58. The highest BCUT2D eigenvalue weighted by atomic mass is 16.8. The van der Waals surface area contributed by atoms with Crippen molar-refractivity contribution in [2.75, 3.05) is 0 Å². The molecule has 2 aliphatic rings. The van der Waals surface area contributed by atoms with E-state index in [0.717, 1.165) is 30.4 Å². The SMILES string of the molecule is CC(C)(C)[C@H]1OC(=O)[C@@](C2=CCCC2)(c2ccccc2)O1. The molecule has 1 fully saturated rings. The van der Waals surface area contributed by atoms with Gasteiger partial charge in [-0.15, -0.1) is 0 Å². The fraction of sp³-hybridized carbons (Fsp3) is 0.500. The molecule has 3 heteroatoms. The molecule has 1 heterocycles. The summed E-state index contributed by atoms with van der Waals surface area (Å²) in [6.45, 7) is 6.07. The molecule has 0 amide bonds. The van der Waals surface area contributed by atoms with Crippen molar-refractivity contribution in [2.24, 2.45) is 5.41 Å². The van der Waals surface area contributed by atoms with Crippen LogP contribution in [0.1, 0.15) is 45.6 Å². The molecule has 0 N–H and O–H groups in total. The van der Waals surface area contributed by atoms with Crippen molar-refractivity contribution in [1.82, 2.24) is 0 Å². The van der Waals surface area contributed by atoms with Crippen LogP contribution in [0.3, 0.4) is 0 Å². The smallest absolute Gasteiger partial charge is 0.350 e. The molecule has 21 heavy (non-hydrogen) atoms. The molecule has 1 aliphatic heterocycles. The zero-order valence-electron chi connectivity index (χ0n) is 12.9. The summed E-state index contributed by atoms with van der Waals surface area (Å²) in [7, 11) is 0. The predicted octanol–water partition coefficient (Wildman–Crippen LogP) is 3.94. The maximum atomic E-state index is 12.8. The van der Waals surface area contributed by atoms with Crippen molar-refractivity contribution in [1.29, 1.82) is 0 Å². The molecule has 0 radical (unpaired) electrons. The average molecular weight is 286 g/mol. The number of allylic oxidation sites excluding steroid dienone is 1. The Balaban J connectivity index is 2.08. The lowest BCUT2D eigenvalue weighted by atomic mass is 9.85. The Morgan fingerprint density at radius 3 is 2.43 bits per heavy atom. The Bertz CT molecular complexity index is 568. The van der Waals surface area contributed by atoms with Crippen molar-refractivity contribution >= 4 is 5.97 Å². The maximum absolute atomic E-state index is 12.8. The Morgan fingerprint density at radius 1 is 1.19 bits per heavy atom. The molecule has 3 rings (SSSR count). The van der Waals surface area contributed by atoms with E-state index in [4.69, 9.17) is 9.47 Å². The molecule has 0 unspecified atom stereocenters. The minimum Gasteiger partial charge on any atom is -0.432 e. The van der Waals surface area contributed by atoms with Crippen LogP contribution in [0.5, 0.6) is 0 Å². The Labute approximate surface area is 125 Å². The standard InChI is InChI=1S/C18H22O3/c1-17(2,3)16-20-15(19)18(21-16,14-11-7-8-12-14)13-9-5-4-6-10-13/h4-6,9-11,16H,7-8,12H2,1-3H3/t16-,18-/m0/s1. The van der Waals surface area contributed by atoms with Gasteiger partial charge in [0.1, 0.15) is 0 Å². The fourth-order valence-corrected chi connectivity index (χ4v) is 3.01. The number of hydrogen-bond acceptors (Lipinski definition) is 3. The van der Waals surface area contributed by atoms with Gasteiger partial charge in [0.25, 0.3) is 0 Å². The highest BCUT2D eigenvalue weighted by Crippen LogP contribution is 2.48. The molecule has 2 atom stereocenters. The van der Waals surface area contributed by atoms with Gasteiger partial charge in [-0.25, -0.2) is 4.79 Å². The number of carbonyl (C=O) groups excluding carboxylic acids is 1.